The van der Waals surface area contributed by atoms with Gasteiger partial charge in [-0.1, -0.05) is 32.0 Å². The summed E-state index contributed by atoms with van der Waals surface area (Å²) in [5.74, 6) is -1.22. The van der Waals surface area contributed by atoms with Gasteiger partial charge >= 0.3 is 5.97 Å². The van der Waals surface area contributed by atoms with Crippen molar-refractivity contribution in [2.45, 2.75) is 69.4 Å². The number of benzene rings is 2. The van der Waals surface area contributed by atoms with Gasteiger partial charge in [-0.15, -0.1) is 11.3 Å². The minimum absolute atomic E-state index is 0.0335. The number of nitrogens with zero attached hydrogens (tertiary/aromatic N) is 2. The van der Waals surface area contributed by atoms with Crippen LogP contribution in [0.1, 0.15) is 61.8 Å². The number of aliphatic hydroxyl groups is 1. The first kappa shape index (κ1) is 32.3. The first-order chi connectivity index (χ1) is 20.9. The molecule has 3 aromatic rings. The zero-order valence-corrected chi connectivity index (χ0v) is 26.5. The van der Waals surface area contributed by atoms with E-state index in [0.29, 0.717) is 55.0 Å². The fourth-order valence-corrected chi connectivity index (χ4v) is 8.43. The number of carboxylic acids is 1. The highest BCUT2D eigenvalue weighted by Gasteiger charge is 2.39. The molecule has 0 unspecified atom stereocenters. The molecule has 1 aromatic heterocycles. The van der Waals surface area contributed by atoms with Crippen LogP contribution in [-0.4, -0.2) is 72.7 Å². The van der Waals surface area contributed by atoms with Crippen LogP contribution >= 0.6 is 11.3 Å². The molecule has 2 aromatic carbocycles. The minimum atomic E-state index is -4.37. The number of aromatic nitrogens is 1. The molecule has 4 N–H and O–H groups in total. The second kappa shape index (κ2) is 13.1. The molecular weight excluding hydrogens is 607 g/mol. The summed E-state index contributed by atoms with van der Waals surface area (Å²) in [6.45, 7) is 4.42. The molecule has 44 heavy (non-hydrogen) atoms. The van der Waals surface area contributed by atoms with Gasteiger partial charge < -0.3 is 20.4 Å². The number of fused-ring (bicyclic) bond motifs is 2. The topological polar surface area (TPSA) is 149 Å². The van der Waals surface area contributed by atoms with Gasteiger partial charge in [-0.05, 0) is 55.4 Å². The van der Waals surface area contributed by atoms with Gasteiger partial charge in [0.1, 0.15) is 10.9 Å². The number of aryl methyl sites for hydroxylation is 1. The van der Waals surface area contributed by atoms with Crippen molar-refractivity contribution in [3.8, 4) is 0 Å². The van der Waals surface area contributed by atoms with Gasteiger partial charge in [0.15, 0.2) is 0 Å². The lowest BCUT2D eigenvalue weighted by Crippen LogP contribution is -2.51. The van der Waals surface area contributed by atoms with Gasteiger partial charge in [0.2, 0.25) is 15.9 Å². The number of thiazole rings is 1. The van der Waals surface area contributed by atoms with Gasteiger partial charge in [0.05, 0.1) is 33.7 Å². The number of carboxylic acid groups (broad SMARTS) is 1. The number of aliphatic carboxylic acids is 1. The van der Waals surface area contributed by atoms with Crippen LogP contribution in [0.2, 0.25) is 0 Å². The fourth-order valence-electron chi connectivity index (χ4n) is 5.97. The van der Waals surface area contributed by atoms with Crippen molar-refractivity contribution >= 4 is 49.1 Å². The molecule has 1 saturated heterocycles. The van der Waals surface area contributed by atoms with Gasteiger partial charge in [0.25, 0.3) is 0 Å². The van der Waals surface area contributed by atoms with Crippen LogP contribution in [0.25, 0.3) is 10.2 Å². The fraction of sp³-hybridized carbons (Fsp3) is 0.516. The molecule has 0 radical (unpaired) electrons. The number of carbonyl (C=O) groups is 2. The Morgan fingerprint density at radius 3 is 2.64 bits per heavy atom. The number of amides is 1. The van der Waals surface area contributed by atoms with Crippen LogP contribution in [0.3, 0.4) is 0 Å². The van der Waals surface area contributed by atoms with Crippen LogP contribution in [-0.2, 0) is 32.5 Å². The van der Waals surface area contributed by atoms with E-state index in [4.69, 9.17) is 0 Å². The molecule has 3 heterocycles. The van der Waals surface area contributed by atoms with Gasteiger partial charge in [-0.3, -0.25) is 14.0 Å². The lowest BCUT2D eigenvalue weighted by molar-refractivity contribution is -0.137. The predicted molar refractivity (Wildman–Crippen MR) is 167 cm³/mol. The third-order valence-corrected chi connectivity index (χ3v) is 11.2. The van der Waals surface area contributed by atoms with E-state index in [-0.39, 0.29) is 41.7 Å². The van der Waals surface area contributed by atoms with E-state index in [1.165, 1.54) is 17.4 Å². The molecule has 0 saturated carbocycles. The number of piperidine rings is 1. The molecule has 0 aliphatic carbocycles. The Balaban J connectivity index is 1.50. The number of anilines is 1. The Kier molecular flexibility index (Phi) is 9.59. The van der Waals surface area contributed by atoms with E-state index in [2.05, 4.69) is 15.0 Å². The third-order valence-electron chi connectivity index (χ3n) is 8.62. The summed E-state index contributed by atoms with van der Waals surface area (Å²) < 4.78 is 44.9. The summed E-state index contributed by atoms with van der Waals surface area (Å²) in [5, 5.41) is 24.2. The van der Waals surface area contributed by atoms with E-state index in [9.17, 15) is 32.6 Å². The number of halogens is 1. The lowest BCUT2D eigenvalue weighted by atomic mass is 9.78. The maximum Gasteiger partial charge on any atom is 0.303 e. The zero-order valence-electron chi connectivity index (χ0n) is 24.9. The molecule has 1 amide bonds. The highest BCUT2D eigenvalue weighted by molar-refractivity contribution is 7.89. The summed E-state index contributed by atoms with van der Waals surface area (Å²) in [6, 6.07) is 9.44. The first-order valence-electron chi connectivity index (χ1n) is 14.9. The molecular formula is C31H39FN4O6S2. The number of hydrogen-bond donors (Lipinski definition) is 4. The number of alkyl halides is 1. The average Bonchev–Trinajstić information content (AvgIpc) is 3.40. The maximum atomic E-state index is 14.2. The number of aliphatic hydroxyl groups excluding tert-OH is 1. The summed E-state index contributed by atoms with van der Waals surface area (Å²) in [7, 11) is -4.37. The Hall–Kier alpha value is -3.13. The van der Waals surface area contributed by atoms with E-state index >= 15 is 0 Å². The summed E-state index contributed by atoms with van der Waals surface area (Å²) in [5.41, 5.74) is 1.21. The van der Waals surface area contributed by atoms with Crippen LogP contribution in [0, 0.1) is 11.3 Å². The molecule has 2 aliphatic rings. The van der Waals surface area contributed by atoms with Crippen molar-refractivity contribution in [2.24, 2.45) is 11.3 Å². The SMILES string of the molecule is CC1(C)CNc2c(cc(CCC(=O)O)cc2S(=O)(=O)N[C@@H](Cc2nc3ccccc3s2)C(=O)N2CCC(CCF)CC2)[C@H]1O. The van der Waals surface area contributed by atoms with Crippen LogP contribution in [0.15, 0.2) is 41.3 Å². The van der Waals surface area contributed by atoms with Crippen molar-refractivity contribution in [1.29, 1.82) is 0 Å². The van der Waals surface area contributed by atoms with Crippen molar-refractivity contribution in [3.05, 3.63) is 52.5 Å². The largest absolute Gasteiger partial charge is 0.481 e. The van der Waals surface area contributed by atoms with Crippen LogP contribution in [0.4, 0.5) is 10.1 Å². The number of likely N-dealkylation sites (tertiary alicyclic amines) is 1. The zero-order chi connectivity index (χ0) is 31.6. The van der Waals surface area contributed by atoms with Crippen molar-refractivity contribution < 1.29 is 32.6 Å². The molecule has 2 atom stereocenters. The van der Waals surface area contributed by atoms with Crippen molar-refractivity contribution in [3.63, 3.8) is 0 Å². The molecule has 0 bridgehead atoms. The van der Waals surface area contributed by atoms with Crippen molar-refractivity contribution in [2.75, 3.05) is 31.6 Å². The number of rotatable bonds is 11. The van der Waals surface area contributed by atoms with Crippen LogP contribution in [0.5, 0.6) is 0 Å². The summed E-state index contributed by atoms with van der Waals surface area (Å²) in [4.78, 5) is 31.4. The van der Waals surface area contributed by atoms with Gasteiger partial charge in [0, 0.05) is 43.5 Å². The number of para-hydroxylation sites is 1. The van der Waals surface area contributed by atoms with E-state index in [1.807, 2.05) is 38.1 Å². The summed E-state index contributed by atoms with van der Waals surface area (Å²) in [6.07, 6.45) is 0.632. The monoisotopic (exact) mass is 646 g/mol. The number of hydrogen-bond acceptors (Lipinski definition) is 8. The number of carbonyl (C=O) groups excluding carboxylic acids is 1. The Morgan fingerprint density at radius 1 is 1.23 bits per heavy atom. The molecule has 1 fully saturated rings. The summed E-state index contributed by atoms with van der Waals surface area (Å²) >= 11 is 1.39. The molecule has 2 aliphatic heterocycles. The maximum absolute atomic E-state index is 14.2. The molecule has 13 heteroatoms. The van der Waals surface area contributed by atoms with E-state index in [1.54, 1.807) is 11.0 Å². The smallest absolute Gasteiger partial charge is 0.303 e. The first-order valence-corrected chi connectivity index (χ1v) is 17.2. The molecule has 0 spiro atoms. The number of nitrogens with one attached hydrogen (secondary N) is 2. The van der Waals surface area contributed by atoms with Gasteiger partial charge in [-0.25, -0.2) is 13.4 Å². The van der Waals surface area contributed by atoms with E-state index < -0.39 is 40.2 Å². The quantitative estimate of drug-likeness (QED) is 0.241. The Bertz CT molecular complexity index is 1600. The standard InChI is InChI=1S/C31H39FN4O6S2/c1-31(2)18-33-28-21(29(31)39)15-20(7-8-27(37)38)16-25(28)44(41,42)35-23(17-26-34-22-5-3-4-6-24(22)43-26)30(40)36-13-10-19(9-12-32)11-14-36/h3-6,15-16,19,23,29,33,35,39H,7-14,17-18H2,1-2H3,(H,37,38)/t23-,29+/m0/s1. The lowest BCUT2D eigenvalue weighted by Gasteiger charge is -2.38. The molecule has 10 nitrogen and oxygen atoms in total. The average molecular weight is 647 g/mol. The normalized spacial score (nSPS) is 19.4. The number of sulfonamides is 1. The second-order valence-electron chi connectivity index (χ2n) is 12.4. The van der Waals surface area contributed by atoms with Crippen molar-refractivity contribution in [1.82, 2.24) is 14.6 Å². The third kappa shape index (κ3) is 7.06. The molecule has 238 valence electrons. The Morgan fingerprint density at radius 2 is 1.95 bits per heavy atom. The van der Waals surface area contributed by atoms with Crippen LogP contribution < -0.4 is 10.0 Å². The highest BCUT2D eigenvalue weighted by Crippen LogP contribution is 2.44. The second-order valence-corrected chi connectivity index (χ2v) is 15.2. The van der Waals surface area contributed by atoms with E-state index in [0.717, 1.165) is 10.2 Å². The minimum Gasteiger partial charge on any atom is -0.481 e. The van der Waals surface area contributed by atoms with Gasteiger partial charge in [-0.2, -0.15) is 4.72 Å². The molecule has 5 rings (SSSR count). The Labute approximate surface area is 260 Å². The predicted octanol–water partition coefficient (Wildman–Crippen LogP) is 4.29. The highest BCUT2D eigenvalue weighted by atomic mass is 32.2.